The smallest absolute Gasteiger partial charge is 0.223 e. The van der Waals surface area contributed by atoms with E-state index < -0.39 is 0 Å². The summed E-state index contributed by atoms with van der Waals surface area (Å²) in [7, 11) is 0. The fourth-order valence-corrected chi connectivity index (χ4v) is 1.04. The molecule has 0 aliphatic heterocycles. The Morgan fingerprint density at radius 3 is 2.71 bits per heavy atom. The van der Waals surface area contributed by atoms with Gasteiger partial charge in [0.05, 0.1) is 0 Å². The van der Waals surface area contributed by atoms with Crippen LogP contribution in [-0.2, 0) is 0 Å². The van der Waals surface area contributed by atoms with Gasteiger partial charge in [0.2, 0.25) is 5.95 Å². The Morgan fingerprint density at radius 1 is 1.43 bits per heavy atom. The molecular weight excluding hydrogens is 176 g/mol. The van der Waals surface area contributed by atoms with Crippen molar-refractivity contribution in [2.45, 2.75) is 32.7 Å². The second-order valence-electron chi connectivity index (χ2n) is 3.74. The standard InChI is InChI=1S/C10H18N4/c1-7(2)9-4-5-12-10(14-9)13-8(3)6-11/h4-5,7-8H,6,11H2,1-3H3,(H,12,13,14). The largest absolute Gasteiger partial charge is 0.350 e. The van der Waals surface area contributed by atoms with Crippen LogP contribution in [0.25, 0.3) is 0 Å². The second kappa shape index (κ2) is 4.91. The normalized spacial score (nSPS) is 12.9. The number of anilines is 1. The zero-order chi connectivity index (χ0) is 10.6. The summed E-state index contributed by atoms with van der Waals surface area (Å²) in [5.41, 5.74) is 6.55. The molecule has 0 aliphatic rings. The minimum absolute atomic E-state index is 0.206. The molecule has 0 radical (unpaired) electrons. The van der Waals surface area contributed by atoms with Crippen molar-refractivity contribution >= 4 is 5.95 Å². The van der Waals surface area contributed by atoms with Gasteiger partial charge in [0.25, 0.3) is 0 Å². The van der Waals surface area contributed by atoms with E-state index in [0.717, 1.165) is 5.69 Å². The molecule has 4 heteroatoms. The second-order valence-corrected chi connectivity index (χ2v) is 3.74. The summed E-state index contributed by atoms with van der Waals surface area (Å²) < 4.78 is 0. The minimum Gasteiger partial charge on any atom is -0.350 e. The van der Waals surface area contributed by atoms with Crippen molar-refractivity contribution in [3.63, 3.8) is 0 Å². The van der Waals surface area contributed by atoms with Gasteiger partial charge in [0.15, 0.2) is 0 Å². The number of nitrogens with one attached hydrogen (secondary N) is 1. The lowest BCUT2D eigenvalue weighted by Gasteiger charge is -2.12. The van der Waals surface area contributed by atoms with Crippen LogP contribution >= 0.6 is 0 Å². The van der Waals surface area contributed by atoms with E-state index in [1.165, 1.54) is 0 Å². The number of nitrogens with zero attached hydrogens (tertiary/aromatic N) is 2. The first kappa shape index (κ1) is 10.9. The van der Waals surface area contributed by atoms with Crippen LogP contribution < -0.4 is 11.1 Å². The van der Waals surface area contributed by atoms with E-state index in [2.05, 4.69) is 29.1 Å². The average Bonchev–Trinajstić information content (AvgIpc) is 2.18. The zero-order valence-corrected chi connectivity index (χ0v) is 8.99. The Labute approximate surface area is 85.0 Å². The van der Waals surface area contributed by atoms with E-state index in [9.17, 15) is 0 Å². The van der Waals surface area contributed by atoms with Gasteiger partial charge in [-0.05, 0) is 18.9 Å². The Kier molecular flexibility index (Phi) is 3.83. The third-order valence-corrected chi connectivity index (χ3v) is 2.00. The molecule has 4 nitrogen and oxygen atoms in total. The molecule has 0 aliphatic carbocycles. The molecule has 14 heavy (non-hydrogen) atoms. The Balaban J connectivity index is 2.73. The zero-order valence-electron chi connectivity index (χ0n) is 8.99. The molecule has 0 saturated heterocycles. The van der Waals surface area contributed by atoms with Crippen LogP contribution in [-0.4, -0.2) is 22.6 Å². The van der Waals surface area contributed by atoms with Gasteiger partial charge in [0.1, 0.15) is 0 Å². The third-order valence-electron chi connectivity index (χ3n) is 2.00. The molecule has 1 atom stereocenters. The van der Waals surface area contributed by atoms with E-state index in [-0.39, 0.29) is 6.04 Å². The summed E-state index contributed by atoms with van der Waals surface area (Å²) in [6, 6.07) is 2.14. The highest BCUT2D eigenvalue weighted by Crippen LogP contribution is 2.11. The van der Waals surface area contributed by atoms with Crippen molar-refractivity contribution < 1.29 is 0 Å². The maximum Gasteiger partial charge on any atom is 0.223 e. The predicted octanol–water partition coefficient (Wildman–Crippen LogP) is 1.36. The highest BCUT2D eigenvalue weighted by molar-refractivity contribution is 5.27. The van der Waals surface area contributed by atoms with Crippen molar-refractivity contribution in [2.24, 2.45) is 5.73 Å². The molecule has 1 unspecified atom stereocenters. The molecule has 1 heterocycles. The topological polar surface area (TPSA) is 63.8 Å². The maximum absolute atomic E-state index is 5.50. The molecule has 1 rings (SSSR count). The van der Waals surface area contributed by atoms with E-state index in [4.69, 9.17) is 5.73 Å². The van der Waals surface area contributed by atoms with Crippen molar-refractivity contribution in [3.8, 4) is 0 Å². The van der Waals surface area contributed by atoms with Crippen LogP contribution in [0.1, 0.15) is 32.4 Å². The lowest BCUT2D eigenvalue weighted by atomic mass is 10.1. The molecule has 78 valence electrons. The molecule has 1 aromatic rings. The molecule has 0 saturated carbocycles. The monoisotopic (exact) mass is 194 g/mol. The van der Waals surface area contributed by atoms with Gasteiger partial charge in [-0.15, -0.1) is 0 Å². The lowest BCUT2D eigenvalue weighted by molar-refractivity contribution is 0.772. The van der Waals surface area contributed by atoms with Gasteiger partial charge >= 0.3 is 0 Å². The molecule has 0 amide bonds. The molecule has 3 N–H and O–H groups in total. The third kappa shape index (κ3) is 2.96. The predicted molar refractivity (Wildman–Crippen MR) is 58.3 cm³/mol. The van der Waals surface area contributed by atoms with Gasteiger partial charge in [-0.1, -0.05) is 13.8 Å². The van der Waals surface area contributed by atoms with Crippen molar-refractivity contribution in [2.75, 3.05) is 11.9 Å². The highest BCUT2D eigenvalue weighted by atomic mass is 15.1. The van der Waals surface area contributed by atoms with Gasteiger partial charge in [-0.3, -0.25) is 0 Å². The van der Waals surface area contributed by atoms with E-state index in [1.807, 2.05) is 13.0 Å². The Morgan fingerprint density at radius 2 is 2.14 bits per heavy atom. The fraction of sp³-hybridized carbons (Fsp3) is 0.600. The van der Waals surface area contributed by atoms with Crippen LogP contribution in [0.15, 0.2) is 12.3 Å². The highest BCUT2D eigenvalue weighted by Gasteiger charge is 2.04. The van der Waals surface area contributed by atoms with E-state index in [0.29, 0.717) is 18.4 Å². The van der Waals surface area contributed by atoms with Crippen LogP contribution in [0.4, 0.5) is 5.95 Å². The van der Waals surface area contributed by atoms with Crippen LogP contribution in [0, 0.1) is 0 Å². The summed E-state index contributed by atoms with van der Waals surface area (Å²) in [5, 5.41) is 3.14. The van der Waals surface area contributed by atoms with Crippen LogP contribution in [0.2, 0.25) is 0 Å². The molecule has 0 bridgehead atoms. The summed E-state index contributed by atoms with van der Waals surface area (Å²) in [4.78, 5) is 8.51. The molecular formula is C10H18N4. The number of hydrogen-bond donors (Lipinski definition) is 2. The summed E-state index contributed by atoms with van der Waals surface area (Å²) >= 11 is 0. The van der Waals surface area contributed by atoms with Crippen molar-refractivity contribution in [1.29, 1.82) is 0 Å². The van der Waals surface area contributed by atoms with Gasteiger partial charge in [-0.2, -0.15) is 0 Å². The van der Waals surface area contributed by atoms with Gasteiger partial charge < -0.3 is 11.1 Å². The molecule has 0 aromatic carbocycles. The summed E-state index contributed by atoms with van der Waals surface area (Å²) in [5.74, 6) is 1.08. The molecule has 1 aromatic heterocycles. The summed E-state index contributed by atoms with van der Waals surface area (Å²) in [6.45, 7) is 6.80. The van der Waals surface area contributed by atoms with Gasteiger partial charge in [-0.25, -0.2) is 9.97 Å². The first-order valence-corrected chi connectivity index (χ1v) is 4.93. The number of hydrogen-bond acceptors (Lipinski definition) is 4. The molecule has 0 spiro atoms. The number of rotatable bonds is 4. The van der Waals surface area contributed by atoms with E-state index >= 15 is 0 Å². The van der Waals surface area contributed by atoms with Crippen molar-refractivity contribution in [3.05, 3.63) is 18.0 Å². The Hall–Kier alpha value is -1.16. The SMILES string of the molecule is CC(CN)Nc1nccc(C(C)C)n1. The number of nitrogens with two attached hydrogens (primary N) is 1. The molecule has 0 fully saturated rings. The Bertz CT molecular complexity index is 285. The average molecular weight is 194 g/mol. The van der Waals surface area contributed by atoms with Gasteiger partial charge in [0, 0.05) is 24.5 Å². The van der Waals surface area contributed by atoms with Crippen molar-refractivity contribution in [1.82, 2.24) is 9.97 Å². The lowest BCUT2D eigenvalue weighted by Crippen LogP contribution is -2.26. The first-order valence-electron chi connectivity index (χ1n) is 4.93. The fourth-order valence-electron chi connectivity index (χ4n) is 1.04. The quantitative estimate of drug-likeness (QED) is 0.759. The number of aromatic nitrogens is 2. The van der Waals surface area contributed by atoms with E-state index in [1.54, 1.807) is 6.20 Å². The maximum atomic E-state index is 5.50. The summed E-state index contributed by atoms with van der Waals surface area (Å²) in [6.07, 6.45) is 1.77. The first-order chi connectivity index (χ1) is 6.63. The van der Waals surface area contributed by atoms with Crippen LogP contribution in [0.3, 0.4) is 0 Å². The van der Waals surface area contributed by atoms with Crippen LogP contribution in [0.5, 0.6) is 0 Å². The minimum atomic E-state index is 0.206.